The molecule has 1 amide bonds. The van der Waals surface area contributed by atoms with Crippen LogP contribution in [0.5, 0.6) is 0 Å². The summed E-state index contributed by atoms with van der Waals surface area (Å²) >= 11 is 0. The lowest BCUT2D eigenvalue weighted by Gasteiger charge is -2.21. The molecule has 0 atom stereocenters. The Labute approximate surface area is 147 Å². The van der Waals surface area contributed by atoms with E-state index in [2.05, 4.69) is 15.5 Å². The molecular formula is C16H24N4O4S. The number of hydrogen-bond acceptors (Lipinski definition) is 5. The zero-order valence-corrected chi connectivity index (χ0v) is 15.9. The van der Waals surface area contributed by atoms with Gasteiger partial charge in [-0.05, 0) is 45.4 Å². The molecule has 138 valence electrons. The van der Waals surface area contributed by atoms with Crippen molar-refractivity contribution in [3.63, 3.8) is 0 Å². The number of hydrogen-bond donors (Lipinski definition) is 2. The fourth-order valence-electron chi connectivity index (χ4n) is 2.29. The highest BCUT2D eigenvalue weighted by molar-refractivity contribution is 7.89. The summed E-state index contributed by atoms with van der Waals surface area (Å²) in [6.45, 7) is 7.37. The van der Waals surface area contributed by atoms with Gasteiger partial charge >= 0.3 is 6.09 Å². The molecule has 0 aliphatic rings. The monoisotopic (exact) mass is 368 g/mol. The lowest BCUT2D eigenvalue weighted by molar-refractivity contribution is 0.0526. The Hall–Kier alpha value is -2.13. The number of carbonyl (C=O) groups is 1. The number of nitrogens with zero attached hydrogens (tertiary/aromatic N) is 2. The van der Waals surface area contributed by atoms with Gasteiger partial charge in [0.05, 0.1) is 11.7 Å². The van der Waals surface area contributed by atoms with E-state index in [9.17, 15) is 13.2 Å². The second-order valence-electron chi connectivity index (χ2n) is 6.85. The summed E-state index contributed by atoms with van der Waals surface area (Å²) < 4.78 is 32.0. The number of amides is 1. The average Bonchev–Trinajstić information content (AvgIpc) is 2.92. The summed E-state index contributed by atoms with van der Waals surface area (Å²) in [7, 11) is -2.25. The van der Waals surface area contributed by atoms with Crippen molar-refractivity contribution < 1.29 is 17.9 Å². The Bertz CT molecular complexity index is 868. The molecule has 2 aromatic rings. The van der Waals surface area contributed by atoms with Crippen LogP contribution in [0.1, 0.15) is 26.3 Å². The standard InChI is InChI=1S/C16H24N4O4S/c1-11-8-12-10-18-19-14(12)13(9-11)25(22,23)20(5)7-6-17-15(21)24-16(2,3)4/h8-10H,6-7H2,1-5H3,(H,17,21)(H,18,19). The van der Waals surface area contributed by atoms with Gasteiger partial charge in [0.25, 0.3) is 0 Å². The minimum absolute atomic E-state index is 0.116. The molecule has 8 nitrogen and oxygen atoms in total. The van der Waals surface area contributed by atoms with Crippen LogP contribution in [0.25, 0.3) is 10.9 Å². The molecule has 9 heteroatoms. The van der Waals surface area contributed by atoms with E-state index in [0.29, 0.717) is 5.52 Å². The molecule has 0 spiro atoms. The quantitative estimate of drug-likeness (QED) is 0.840. The first-order chi connectivity index (χ1) is 11.5. The fraction of sp³-hybridized carbons (Fsp3) is 0.500. The molecule has 1 heterocycles. The third-order valence-electron chi connectivity index (χ3n) is 3.44. The number of aromatic amines is 1. The van der Waals surface area contributed by atoms with Gasteiger partial charge in [0.1, 0.15) is 10.5 Å². The molecule has 0 aliphatic heterocycles. The van der Waals surface area contributed by atoms with E-state index in [4.69, 9.17) is 4.74 Å². The Kier molecular flexibility index (Phi) is 5.38. The second-order valence-corrected chi connectivity index (χ2v) is 8.87. The van der Waals surface area contributed by atoms with Crippen LogP contribution in [-0.2, 0) is 14.8 Å². The van der Waals surface area contributed by atoms with Crippen molar-refractivity contribution in [3.8, 4) is 0 Å². The van der Waals surface area contributed by atoms with Gasteiger partial charge in [-0.2, -0.15) is 9.40 Å². The zero-order valence-electron chi connectivity index (χ0n) is 15.1. The van der Waals surface area contributed by atoms with Gasteiger partial charge in [0.2, 0.25) is 10.0 Å². The van der Waals surface area contributed by atoms with Crippen molar-refractivity contribution in [2.45, 2.75) is 38.2 Å². The number of alkyl carbamates (subject to hydrolysis) is 1. The van der Waals surface area contributed by atoms with E-state index in [0.717, 1.165) is 10.9 Å². The first kappa shape index (κ1) is 19.2. The van der Waals surface area contributed by atoms with Gasteiger partial charge < -0.3 is 10.1 Å². The van der Waals surface area contributed by atoms with Crippen molar-refractivity contribution in [1.29, 1.82) is 0 Å². The highest BCUT2D eigenvalue weighted by atomic mass is 32.2. The van der Waals surface area contributed by atoms with E-state index >= 15 is 0 Å². The van der Waals surface area contributed by atoms with E-state index < -0.39 is 21.7 Å². The molecule has 25 heavy (non-hydrogen) atoms. The molecule has 0 unspecified atom stereocenters. The van der Waals surface area contributed by atoms with Crippen molar-refractivity contribution in [3.05, 3.63) is 23.9 Å². The maximum absolute atomic E-state index is 12.8. The summed E-state index contributed by atoms with van der Waals surface area (Å²) in [5.41, 5.74) is 0.695. The summed E-state index contributed by atoms with van der Waals surface area (Å²) in [5, 5.41) is 9.93. The molecule has 1 aromatic carbocycles. The van der Waals surface area contributed by atoms with E-state index in [1.807, 2.05) is 13.0 Å². The number of ether oxygens (including phenoxy) is 1. The van der Waals surface area contributed by atoms with Crippen LogP contribution in [0, 0.1) is 6.92 Å². The number of H-pyrrole nitrogens is 1. The number of aromatic nitrogens is 2. The largest absolute Gasteiger partial charge is 0.444 e. The maximum Gasteiger partial charge on any atom is 0.407 e. The van der Waals surface area contributed by atoms with Crippen LogP contribution in [0.15, 0.2) is 23.2 Å². The minimum Gasteiger partial charge on any atom is -0.444 e. The first-order valence-electron chi connectivity index (χ1n) is 7.87. The molecule has 0 saturated heterocycles. The lowest BCUT2D eigenvalue weighted by Crippen LogP contribution is -2.38. The summed E-state index contributed by atoms with van der Waals surface area (Å²) in [5.74, 6) is 0. The van der Waals surface area contributed by atoms with Crippen molar-refractivity contribution >= 4 is 27.0 Å². The predicted octanol–water partition coefficient (Wildman–Crippen LogP) is 2.02. The van der Waals surface area contributed by atoms with Gasteiger partial charge in [0, 0.05) is 25.5 Å². The van der Waals surface area contributed by atoms with Crippen LogP contribution >= 0.6 is 0 Å². The maximum atomic E-state index is 12.8. The Morgan fingerprint density at radius 3 is 2.68 bits per heavy atom. The molecule has 2 rings (SSSR count). The Morgan fingerprint density at radius 1 is 1.36 bits per heavy atom. The molecule has 0 radical (unpaired) electrons. The van der Waals surface area contributed by atoms with E-state index in [-0.39, 0.29) is 18.0 Å². The molecule has 0 fully saturated rings. The van der Waals surface area contributed by atoms with Crippen molar-refractivity contribution in [2.75, 3.05) is 20.1 Å². The molecule has 2 N–H and O–H groups in total. The number of likely N-dealkylation sites (N-methyl/N-ethyl adjacent to an activating group) is 1. The van der Waals surface area contributed by atoms with Crippen LogP contribution in [-0.4, -0.2) is 54.8 Å². The number of carbonyl (C=O) groups excluding carboxylic acids is 1. The smallest absolute Gasteiger partial charge is 0.407 e. The van der Waals surface area contributed by atoms with Gasteiger partial charge in [-0.1, -0.05) is 0 Å². The summed E-state index contributed by atoms with van der Waals surface area (Å²) in [6, 6.07) is 3.47. The molecule has 0 saturated carbocycles. The third-order valence-corrected chi connectivity index (χ3v) is 5.32. The number of aryl methyl sites for hydroxylation is 1. The SMILES string of the molecule is Cc1cc(S(=O)(=O)N(C)CCNC(=O)OC(C)(C)C)c2[nH]ncc2c1. The van der Waals surface area contributed by atoms with Crippen molar-refractivity contribution in [2.24, 2.45) is 0 Å². The first-order valence-corrected chi connectivity index (χ1v) is 9.31. The van der Waals surface area contributed by atoms with Crippen LogP contribution < -0.4 is 5.32 Å². The lowest BCUT2D eigenvalue weighted by atomic mass is 10.2. The highest BCUT2D eigenvalue weighted by Crippen LogP contribution is 2.25. The van der Waals surface area contributed by atoms with Gasteiger partial charge in [-0.15, -0.1) is 0 Å². The van der Waals surface area contributed by atoms with E-state index in [1.54, 1.807) is 33.0 Å². The topological polar surface area (TPSA) is 104 Å². The van der Waals surface area contributed by atoms with Crippen LogP contribution in [0.4, 0.5) is 4.79 Å². The number of rotatable bonds is 5. The number of sulfonamides is 1. The minimum atomic E-state index is -3.72. The molecule has 0 aliphatic carbocycles. The van der Waals surface area contributed by atoms with Gasteiger partial charge in [-0.25, -0.2) is 13.2 Å². The second kappa shape index (κ2) is 7.01. The third kappa shape index (κ3) is 4.70. The molecule has 1 aromatic heterocycles. The van der Waals surface area contributed by atoms with Gasteiger partial charge in [0.15, 0.2) is 0 Å². The van der Waals surface area contributed by atoms with Gasteiger partial charge in [-0.3, -0.25) is 5.10 Å². The molecule has 0 bridgehead atoms. The zero-order chi connectivity index (χ0) is 18.8. The Morgan fingerprint density at radius 2 is 2.04 bits per heavy atom. The van der Waals surface area contributed by atoms with E-state index in [1.165, 1.54) is 11.4 Å². The predicted molar refractivity (Wildman–Crippen MR) is 94.9 cm³/mol. The number of nitrogens with one attached hydrogen (secondary N) is 2. The van der Waals surface area contributed by atoms with Crippen LogP contribution in [0.2, 0.25) is 0 Å². The summed E-state index contributed by atoms with van der Waals surface area (Å²) in [6.07, 6.45) is 1.01. The average molecular weight is 368 g/mol. The van der Waals surface area contributed by atoms with Crippen molar-refractivity contribution in [1.82, 2.24) is 19.8 Å². The number of fused-ring (bicyclic) bond motifs is 1. The highest BCUT2D eigenvalue weighted by Gasteiger charge is 2.24. The normalized spacial score (nSPS) is 12.6. The Balaban J connectivity index is 2.09. The number of benzene rings is 1. The molecular weight excluding hydrogens is 344 g/mol. The fourth-order valence-corrected chi connectivity index (χ4v) is 3.71. The van der Waals surface area contributed by atoms with Crippen LogP contribution in [0.3, 0.4) is 0 Å². The summed E-state index contributed by atoms with van der Waals surface area (Å²) in [4.78, 5) is 11.8.